The predicted octanol–water partition coefficient (Wildman–Crippen LogP) is 6.68. The van der Waals surface area contributed by atoms with Crippen LogP contribution in [-0.2, 0) is 24.9 Å². The summed E-state index contributed by atoms with van der Waals surface area (Å²) in [7, 11) is 0. The van der Waals surface area contributed by atoms with Crippen LogP contribution in [0.25, 0.3) is 0 Å². The maximum absolute atomic E-state index is 13.4. The Morgan fingerprint density at radius 3 is 2.24 bits per heavy atom. The molecule has 4 rings (SSSR count). The molecule has 0 radical (unpaired) electrons. The molecule has 33 heavy (non-hydrogen) atoms. The van der Waals surface area contributed by atoms with Crippen molar-refractivity contribution in [1.29, 1.82) is 0 Å². The second kappa shape index (κ2) is 9.65. The van der Waals surface area contributed by atoms with Crippen molar-refractivity contribution in [2.45, 2.75) is 52.1 Å². The van der Waals surface area contributed by atoms with Crippen LogP contribution in [0.4, 0.5) is 14.9 Å². The van der Waals surface area contributed by atoms with E-state index in [-0.39, 0.29) is 11.2 Å². The van der Waals surface area contributed by atoms with Gasteiger partial charge in [0.05, 0.1) is 5.69 Å². The highest BCUT2D eigenvalue weighted by atomic mass is 19.1. The Morgan fingerprint density at radius 1 is 0.970 bits per heavy atom. The Labute approximate surface area is 195 Å². The Bertz CT molecular complexity index is 1100. The molecule has 0 aliphatic carbocycles. The SMILES string of the molecule is CC(C)(C)c1ccc(CN(Cc2ccc(F)cc2)C(=O)Oc2cccc3c2NCCC3)cc1. The largest absolute Gasteiger partial charge is 0.415 e. The van der Waals surface area contributed by atoms with Gasteiger partial charge in [0.1, 0.15) is 5.82 Å². The summed E-state index contributed by atoms with van der Waals surface area (Å²) in [5.74, 6) is 0.247. The van der Waals surface area contributed by atoms with Crippen LogP contribution in [0.15, 0.2) is 66.7 Å². The number of anilines is 1. The number of halogens is 1. The average Bonchev–Trinajstić information content (AvgIpc) is 2.80. The molecule has 3 aromatic carbocycles. The number of hydrogen-bond donors (Lipinski definition) is 1. The second-order valence-corrected chi connectivity index (χ2v) is 9.62. The highest BCUT2D eigenvalue weighted by Gasteiger charge is 2.21. The van der Waals surface area contributed by atoms with Gasteiger partial charge in [0.2, 0.25) is 0 Å². The number of amides is 1. The van der Waals surface area contributed by atoms with E-state index in [9.17, 15) is 9.18 Å². The van der Waals surface area contributed by atoms with E-state index in [1.807, 2.05) is 12.1 Å². The summed E-state index contributed by atoms with van der Waals surface area (Å²) in [5.41, 5.74) is 5.21. The zero-order valence-corrected chi connectivity index (χ0v) is 19.5. The van der Waals surface area contributed by atoms with Crippen LogP contribution in [0.5, 0.6) is 5.75 Å². The monoisotopic (exact) mass is 446 g/mol. The average molecular weight is 447 g/mol. The number of aryl methyl sites for hydroxylation is 1. The number of benzene rings is 3. The fourth-order valence-electron chi connectivity index (χ4n) is 4.05. The summed E-state index contributed by atoms with van der Waals surface area (Å²) in [6, 6.07) is 20.3. The van der Waals surface area contributed by atoms with Crippen molar-refractivity contribution in [2.24, 2.45) is 0 Å². The van der Waals surface area contributed by atoms with E-state index < -0.39 is 6.09 Å². The normalized spacial score (nSPS) is 13.1. The lowest BCUT2D eigenvalue weighted by atomic mass is 9.87. The number of rotatable bonds is 5. The number of ether oxygens (including phenoxy) is 1. The Kier molecular flexibility index (Phi) is 6.68. The van der Waals surface area contributed by atoms with Gasteiger partial charge in [0.15, 0.2) is 5.75 Å². The van der Waals surface area contributed by atoms with Gasteiger partial charge in [0, 0.05) is 19.6 Å². The third-order valence-corrected chi connectivity index (χ3v) is 5.97. The lowest BCUT2D eigenvalue weighted by molar-refractivity contribution is 0.146. The standard InChI is InChI=1S/C28H31FN2O2/c1-28(2,3)23-13-9-20(10-14-23)18-31(19-21-11-15-24(29)16-12-21)27(32)33-25-8-4-6-22-7-5-17-30-26(22)25/h4,6,8-16,30H,5,7,17-19H2,1-3H3. The maximum Gasteiger partial charge on any atom is 0.415 e. The van der Waals surface area contributed by atoms with E-state index in [0.29, 0.717) is 18.8 Å². The Hall–Kier alpha value is -3.34. The molecule has 1 heterocycles. The van der Waals surface area contributed by atoms with E-state index in [4.69, 9.17) is 4.74 Å². The van der Waals surface area contributed by atoms with Gasteiger partial charge in [-0.25, -0.2) is 9.18 Å². The minimum atomic E-state index is -0.431. The molecule has 1 aliphatic rings. The smallest absolute Gasteiger partial charge is 0.408 e. The summed E-state index contributed by atoms with van der Waals surface area (Å²) >= 11 is 0. The van der Waals surface area contributed by atoms with E-state index in [1.165, 1.54) is 17.7 Å². The quantitative estimate of drug-likeness (QED) is 0.475. The van der Waals surface area contributed by atoms with Crippen LogP contribution >= 0.6 is 0 Å². The van der Waals surface area contributed by atoms with Crippen LogP contribution in [0.3, 0.4) is 0 Å². The molecule has 0 saturated heterocycles. The van der Waals surface area contributed by atoms with E-state index in [0.717, 1.165) is 41.8 Å². The van der Waals surface area contributed by atoms with Crippen molar-refractivity contribution < 1.29 is 13.9 Å². The third-order valence-electron chi connectivity index (χ3n) is 5.97. The van der Waals surface area contributed by atoms with Gasteiger partial charge in [-0.3, -0.25) is 4.90 Å². The minimum Gasteiger partial charge on any atom is -0.408 e. The molecule has 0 bridgehead atoms. The van der Waals surface area contributed by atoms with Gasteiger partial charge in [-0.05, 0) is 58.7 Å². The number of para-hydroxylation sites is 1. The van der Waals surface area contributed by atoms with Crippen molar-refractivity contribution in [2.75, 3.05) is 11.9 Å². The van der Waals surface area contributed by atoms with E-state index >= 15 is 0 Å². The highest BCUT2D eigenvalue weighted by Crippen LogP contribution is 2.32. The topological polar surface area (TPSA) is 41.6 Å². The van der Waals surface area contributed by atoms with E-state index in [1.54, 1.807) is 17.0 Å². The van der Waals surface area contributed by atoms with Crippen molar-refractivity contribution in [1.82, 2.24) is 4.90 Å². The molecular weight excluding hydrogens is 415 g/mol. The molecule has 0 spiro atoms. The first kappa shape index (κ1) is 22.8. The first-order chi connectivity index (χ1) is 15.8. The fraction of sp³-hybridized carbons (Fsp3) is 0.321. The van der Waals surface area contributed by atoms with Gasteiger partial charge >= 0.3 is 6.09 Å². The van der Waals surface area contributed by atoms with Gasteiger partial charge in [-0.15, -0.1) is 0 Å². The molecule has 5 heteroatoms. The number of fused-ring (bicyclic) bond motifs is 1. The molecule has 1 N–H and O–H groups in total. The lowest BCUT2D eigenvalue weighted by Crippen LogP contribution is -2.33. The highest BCUT2D eigenvalue weighted by molar-refractivity contribution is 5.75. The molecule has 3 aromatic rings. The lowest BCUT2D eigenvalue weighted by Gasteiger charge is -2.25. The Morgan fingerprint density at radius 2 is 1.61 bits per heavy atom. The zero-order chi connectivity index (χ0) is 23.4. The van der Waals surface area contributed by atoms with Gasteiger partial charge in [-0.2, -0.15) is 0 Å². The molecule has 4 nitrogen and oxygen atoms in total. The fourth-order valence-corrected chi connectivity index (χ4v) is 4.05. The summed E-state index contributed by atoms with van der Waals surface area (Å²) in [5, 5.41) is 3.36. The zero-order valence-electron chi connectivity index (χ0n) is 19.5. The third kappa shape index (κ3) is 5.72. The van der Waals surface area contributed by atoms with Crippen molar-refractivity contribution in [3.63, 3.8) is 0 Å². The Balaban J connectivity index is 1.57. The van der Waals surface area contributed by atoms with Crippen molar-refractivity contribution in [3.05, 3.63) is 94.8 Å². The summed E-state index contributed by atoms with van der Waals surface area (Å²) in [6.45, 7) is 8.10. The molecule has 1 aliphatic heterocycles. The van der Waals surface area contributed by atoms with Crippen LogP contribution in [-0.4, -0.2) is 17.5 Å². The minimum absolute atomic E-state index is 0.0602. The summed E-state index contributed by atoms with van der Waals surface area (Å²) < 4.78 is 19.3. The molecule has 0 atom stereocenters. The van der Waals surface area contributed by atoms with E-state index in [2.05, 4.69) is 56.4 Å². The van der Waals surface area contributed by atoms with Crippen molar-refractivity contribution >= 4 is 11.8 Å². The summed E-state index contributed by atoms with van der Waals surface area (Å²) in [4.78, 5) is 15.0. The second-order valence-electron chi connectivity index (χ2n) is 9.62. The number of nitrogens with one attached hydrogen (secondary N) is 1. The molecular formula is C28H31FN2O2. The molecule has 0 saturated carbocycles. The first-order valence-corrected chi connectivity index (χ1v) is 11.5. The molecule has 0 unspecified atom stereocenters. The number of nitrogens with zero attached hydrogens (tertiary/aromatic N) is 1. The summed E-state index contributed by atoms with van der Waals surface area (Å²) in [6.07, 6.45) is 1.60. The van der Waals surface area contributed by atoms with Crippen LogP contribution in [0, 0.1) is 5.82 Å². The molecule has 0 aromatic heterocycles. The van der Waals surface area contributed by atoms with Gasteiger partial charge in [-0.1, -0.05) is 69.3 Å². The number of hydrogen-bond acceptors (Lipinski definition) is 3. The molecule has 0 fully saturated rings. The first-order valence-electron chi connectivity index (χ1n) is 11.5. The van der Waals surface area contributed by atoms with Crippen LogP contribution in [0.1, 0.15) is 49.4 Å². The van der Waals surface area contributed by atoms with Crippen molar-refractivity contribution in [3.8, 4) is 5.75 Å². The number of carbonyl (C=O) groups is 1. The number of carbonyl (C=O) groups excluding carboxylic acids is 1. The molecule has 1 amide bonds. The predicted molar refractivity (Wildman–Crippen MR) is 130 cm³/mol. The van der Waals surface area contributed by atoms with Crippen LogP contribution in [0.2, 0.25) is 0 Å². The van der Waals surface area contributed by atoms with Gasteiger partial charge in [0.25, 0.3) is 0 Å². The molecule has 172 valence electrons. The van der Waals surface area contributed by atoms with Gasteiger partial charge < -0.3 is 10.1 Å². The maximum atomic E-state index is 13.4. The van der Waals surface area contributed by atoms with Crippen LogP contribution < -0.4 is 10.1 Å².